The van der Waals surface area contributed by atoms with Gasteiger partial charge >= 0.3 is 0 Å². The van der Waals surface area contributed by atoms with E-state index >= 15 is 0 Å². The van der Waals surface area contributed by atoms with Crippen LogP contribution in [-0.4, -0.2) is 47.0 Å². The van der Waals surface area contributed by atoms with Crippen LogP contribution in [0.4, 0.5) is 5.82 Å². The molecule has 0 unspecified atom stereocenters. The van der Waals surface area contributed by atoms with Crippen molar-refractivity contribution in [3.63, 3.8) is 0 Å². The van der Waals surface area contributed by atoms with Gasteiger partial charge in [-0.1, -0.05) is 0 Å². The zero-order chi connectivity index (χ0) is 17.2. The van der Waals surface area contributed by atoms with Crippen LogP contribution in [0, 0.1) is 11.3 Å². The molecule has 6 nitrogen and oxygen atoms in total. The molecule has 0 aliphatic carbocycles. The number of nitrogens with zero attached hydrogens (tertiary/aromatic N) is 5. The summed E-state index contributed by atoms with van der Waals surface area (Å²) >= 11 is 1.55. The molecule has 7 heteroatoms. The fourth-order valence-corrected chi connectivity index (χ4v) is 4.44. The summed E-state index contributed by atoms with van der Waals surface area (Å²) in [5, 5.41) is 9.53. The van der Waals surface area contributed by atoms with Gasteiger partial charge in [-0.15, -0.1) is 11.3 Å². The third kappa shape index (κ3) is 3.22. The molecule has 0 atom stereocenters. The number of carbonyl (C=O) groups excluding carboxylic acids is 1. The number of fused-ring (bicyclic) bond motifs is 1. The molecule has 2 aliphatic rings. The molecular formula is C18H19N5OS. The highest BCUT2D eigenvalue weighted by Crippen LogP contribution is 2.26. The van der Waals surface area contributed by atoms with E-state index in [0.717, 1.165) is 63.4 Å². The first kappa shape index (κ1) is 16.0. The molecular weight excluding hydrogens is 334 g/mol. The van der Waals surface area contributed by atoms with Crippen molar-refractivity contribution in [3.05, 3.63) is 39.5 Å². The fraction of sp³-hybridized carbons (Fsp3) is 0.444. The van der Waals surface area contributed by atoms with Crippen molar-refractivity contribution in [2.45, 2.75) is 25.7 Å². The Morgan fingerprint density at radius 1 is 1.16 bits per heavy atom. The highest BCUT2D eigenvalue weighted by atomic mass is 32.1. The van der Waals surface area contributed by atoms with E-state index in [0.29, 0.717) is 10.6 Å². The summed E-state index contributed by atoms with van der Waals surface area (Å²) in [5.74, 6) is 0.990. The largest absolute Gasteiger partial charge is 0.356 e. The SMILES string of the molecule is N#Cc1ccc(N2CCc3nc(C(=O)N4CCCC4)sc3CC2)nc1. The maximum Gasteiger partial charge on any atom is 0.282 e. The highest BCUT2D eigenvalue weighted by Gasteiger charge is 2.25. The minimum absolute atomic E-state index is 0.0983. The summed E-state index contributed by atoms with van der Waals surface area (Å²) in [6.45, 7) is 3.40. The Kier molecular flexibility index (Phi) is 4.36. The van der Waals surface area contributed by atoms with Crippen molar-refractivity contribution in [2.75, 3.05) is 31.1 Å². The van der Waals surface area contributed by atoms with E-state index in [9.17, 15) is 4.79 Å². The van der Waals surface area contributed by atoms with Crippen molar-refractivity contribution in [1.82, 2.24) is 14.9 Å². The molecule has 2 aromatic rings. The quantitative estimate of drug-likeness (QED) is 0.828. The average Bonchev–Trinajstić information content (AvgIpc) is 3.28. The Hall–Kier alpha value is -2.46. The normalized spacial score (nSPS) is 17.1. The standard InChI is InChI=1S/C18H19N5OS/c19-11-13-3-4-16(20-12-13)22-9-5-14-15(6-10-22)25-17(21-14)18(24)23-7-1-2-8-23/h3-4,12H,1-2,5-10H2. The van der Waals surface area contributed by atoms with Crippen LogP contribution in [0.3, 0.4) is 0 Å². The van der Waals surface area contributed by atoms with E-state index in [-0.39, 0.29) is 5.91 Å². The number of anilines is 1. The second-order valence-electron chi connectivity index (χ2n) is 6.39. The summed E-state index contributed by atoms with van der Waals surface area (Å²) in [6.07, 6.45) is 5.51. The second kappa shape index (κ2) is 6.81. The van der Waals surface area contributed by atoms with Crippen LogP contribution in [0.1, 0.15) is 38.8 Å². The Morgan fingerprint density at radius 3 is 2.68 bits per heavy atom. The number of pyridine rings is 1. The monoisotopic (exact) mass is 353 g/mol. The number of aromatic nitrogens is 2. The second-order valence-corrected chi connectivity index (χ2v) is 7.48. The molecule has 2 aliphatic heterocycles. The molecule has 0 bridgehead atoms. The third-order valence-corrected chi connectivity index (χ3v) is 5.93. The van der Waals surface area contributed by atoms with Crippen molar-refractivity contribution >= 4 is 23.1 Å². The predicted octanol–water partition coefficient (Wildman–Crippen LogP) is 2.25. The van der Waals surface area contributed by atoms with Gasteiger partial charge in [0, 0.05) is 50.1 Å². The summed E-state index contributed by atoms with van der Waals surface area (Å²) in [4.78, 5) is 26.9. The van der Waals surface area contributed by atoms with E-state index in [1.165, 1.54) is 4.88 Å². The smallest absolute Gasteiger partial charge is 0.282 e. The van der Waals surface area contributed by atoms with Gasteiger partial charge in [-0.3, -0.25) is 4.79 Å². The fourth-order valence-electron chi connectivity index (χ4n) is 3.38. The van der Waals surface area contributed by atoms with E-state index in [1.807, 2.05) is 11.0 Å². The van der Waals surface area contributed by atoms with Gasteiger partial charge in [0.05, 0.1) is 11.3 Å². The first-order valence-corrected chi connectivity index (χ1v) is 9.45. The first-order chi connectivity index (χ1) is 12.2. The van der Waals surface area contributed by atoms with Crippen LogP contribution in [0.25, 0.3) is 0 Å². The summed E-state index contributed by atoms with van der Waals surface area (Å²) < 4.78 is 0. The molecule has 1 amide bonds. The van der Waals surface area contributed by atoms with Crippen LogP contribution in [0.5, 0.6) is 0 Å². The minimum atomic E-state index is 0.0983. The molecule has 128 valence electrons. The zero-order valence-corrected chi connectivity index (χ0v) is 14.8. The van der Waals surface area contributed by atoms with E-state index in [2.05, 4.69) is 20.9 Å². The summed E-state index contributed by atoms with van der Waals surface area (Å²) in [5.41, 5.74) is 1.63. The molecule has 1 saturated heterocycles. The maximum absolute atomic E-state index is 12.5. The molecule has 0 spiro atoms. The lowest BCUT2D eigenvalue weighted by molar-refractivity contribution is 0.0792. The molecule has 2 aromatic heterocycles. The number of amides is 1. The van der Waals surface area contributed by atoms with Crippen molar-refractivity contribution < 1.29 is 4.79 Å². The number of hydrogen-bond donors (Lipinski definition) is 0. The van der Waals surface area contributed by atoms with E-state index in [1.54, 1.807) is 23.6 Å². The van der Waals surface area contributed by atoms with Crippen LogP contribution < -0.4 is 4.90 Å². The number of thiazole rings is 1. The van der Waals surface area contributed by atoms with Gasteiger partial charge in [-0.2, -0.15) is 5.26 Å². The van der Waals surface area contributed by atoms with Crippen LogP contribution >= 0.6 is 11.3 Å². The Morgan fingerprint density at radius 2 is 1.96 bits per heavy atom. The number of likely N-dealkylation sites (tertiary alicyclic amines) is 1. The molecule has 0 N–H and O–H groups in total. The Balaban J connectivity index is 1.46. The maximum atomic E-state index is 12.5. The minimum Gasteiger partial charge on any atom is -0.356 e. The van der Waals surface area contributed by atoms with Crippen molar-refractivity contribution in [3.8, 4) is 6.07 Å². The molecule has 0 radical (unpaired) electrons. The topological polar surface area (TPSA) is 73.1 Å². The number of hydrogen-bond acceptors (Lipinski definition) is 6. The van der Waals surface area contributed by atoms with Gasteiger partial charge in [-0.25, -0.2) is 9.97 Å². The van der Waals surface area contributed by atoms with Crippen LogP contribution in [0.15, 0.2) is 18.3 Å². The summed E-state index contributed by atoms with van der Waals surface area (Å²) in [7, 11) is 0. The van der Waals surface area contributed by atoms with Crippen LogP contribution in [0.2, 0.25) is 0 Å². The predicted molar refractivity (Wildman–Crippen MR) is 95.8 cm³/mol. The lowest BCUT2D eigenvalue weighted by Crippen LogP contribution is -2.28. The van der Waals surface area contributed by atoms with Gasteiger partial charge in [-0.05, 0) is 25.0 Å². The number of carbonyl (C=O) groups is 1. The number of nitriles is 1. The molecule has 4 heterocycles. The molecule has 4 rings (SSSR count). The Bertz CT molecular complexity index is 791. The lowest BCUT2D eigenvalue weighted by atomic mass is 10.2. The van der Waals surface area contributed by atoms with Crippen molar-refractivity contribution in [2.24, 2.45) is 0 Å². The molecule has 0 aromatic carbocycles. The van der Waals surface area contributed by atoms with Gasteiger partial charge in [0.2, 0.25) is 0 Å². The van der Waals surface area contributed by atoms with Gasteiger partial charge in [0.25, 0.3) is 5.91 Å². The summed E-state index contributed by atoms with van der Waals surface area (Å²) in [6, 6.07) is 5.79. The molecule has 25 heavy (non-hydrogen) atoms. The van der Waals surface area contributed by atoms with Gasteiger partial charge < -0.3 is 9.80 Å². The third-order valence-electron chi connectivity index (χ3n) is 4.78. The molecule has 1 fully saturated rings. The average molecular weight is 353 g/mol. The van der Waals surface area contributed by atoms with Crippen molar-refractivity contribution in [1.29, 1.82) is 5.26 Å². The lowest BCUT2D eigenvalue weighted by Gasteiger charge is -2.21. The first-order valence-electron chi connectivity index (χ1n) is 8.63. The highest BCUT2D eigenvalue weighted by molar-refractivity contribution is 7.13. The Labute approximate surface area is 150 Å². The van der Waals surface area contributed by atoms with E-state index < -0.39 is 0 Å². The van der Waals surface area contributed by atoms with Gasteiger partial charge in [0.15, 0.2) is 5.01 Å². The number of rotatable bonds is 2. The van der Waals surface area contributed by atoms with E-state index in [4.69, 9.17) is 5.26 Å². The molecule has 0 saturated carbocycles. The zero-order valence-electron chi connectivity index (χ0n) is 13.9. The van der Waals surface area contributed by atoms with Crippen LogP contribution in [-0.2, 0) is 12.8 Å². The van der Waals surface area contributed by atoms with Gasteiger partial charge in [0.1, 0.15) is 11.9 Å².